The van der Waals surface area contributed by atoms with Crippen LogP contribution in [0.25, 0.3) is 6.08 Å². The van der Waals surface area contributed by atoms with E-state index in [4.69, 9.17) is 21.1 Å². The summed E-state index contributed by atoms with van der Waals surface area (Å²) in [5.41, 5.74) is 0.739. The van der Waals surface area contributed by atoms with Crippen molar-refractivity contribution in [2.75, 3.05) is 0 Å². The molecule has 1 aliphatic heterocycles. The van der Waals surface area contributed by atoms with E-state index in [2.05, 4.69) is 4.99 Å². The summed E-state index contributed by atoms with van der Waals surface area (Å²) in [5.74, 6) is -0.0613. The molecule has 0 atom stereocenters. The van der Waals surface area contributed by atoms with Crippen molar-refractivity contribution in [1.29, 1.82) is 0 Å². The number of carbonyl (C=O) groups is 1. The molecule has 1 heterocycles. The molecule has 0 N–H and O–H groups in total. The number of hydrogen-bond acceptors (Lipinski definition) is 6. The van der Waals surface area contributed by atoms with Crippen LogP contribution in [0, 0.1) is 10.1 Å². The van der Waals surface area contributed by atoms with E-state index in [1.54, 1.807) is 18.2 Å². The van der Waals surface area contributed by atoms with Crippen molar-refractivity contribution < 1.29 is 19.2 Å². The summed E-state index contributed by atoms with van der Waals surface area (Å²) in [5, 5.41) is 11.0. The SMILES string of the molecule is CC(C)Oc1ccccc1/C=C1\N=C(c2ccc(Cl)c([N+](=O)[O-])c2)OC1=O. The van der Waals surface area contributed by atoms with Gasteiger partial charge in [-0.3, -0.25) is 10.1 Å². The molecule has 1 aliphatic rings. The molecule has 138 valence electrons. The van der Waals surface area contributed by atoms with E-state index in [0.717, 1.165) is 0 Å². The third-order valence-electron chi connectivity index (χ3n) is 3.58. The number of nitro benzene ring substituents is 1. The fourth-order valence-electron chi connectivity index (χ4n) is 2.43. The van der Waals surface area contributed by atoms with Crippen LogP contribution in [0.1, 0.15) is 25.0 Å². The average Bonchev–Trinajstić information content (AvgIpc) is 2.97. The van der Waals surface area contributed by atoms with E-state index in [0.29, 0.717) is 11.3 Å². The minimum absolute atomic E-state index is 0.01000. The Morgan fingerprint density at radius 2 is 2.00 bits per heavy atom. The third kappa shape index (κ3) is 4.15. The van der Waals surface area contributed by atoms with Gasteiger partial charge in [-0.25, -0.2) is 9.79 Å². The number of nitro groups is 1. The number of carbonyl (C=O) groups excluding carboxylic acids is 1. The highest BCUT2D eigenvalue weighted by atomic mass is 35.5. The molecule has 2 aromatic carbocycles. The number of aliphatic imine (C=N–C) groups is 1. The van der Waals surface area contributed by atoms with Gasteiger partial charge in [-0.1, -0.05) is 29.8 Å². The largest absolute Gasteiger partial charge is 0.490 e. The highest BCUT2D eigenvalue weighted by Crippen LogP contribution is 2.29. The zero-order valence-corrected chi connectivity index (χ0v) is 15.3. The Bertz CT molecular complexity index is 982. The van der Waals surface area contributed by atoms with Crippen LogP contribution in [0.2, 0.25) is 5.02 Å². The van der Waals surface area contributed by atoms with Gasteiger partial charge in [-0.2, -0.15) is 0 Å². The molecule has 0 saturated carbocycles. The topological polar surface area (TPSA) is 91.0 Å². The maximum absolute atomic E-state index is 12.2. The zero-order valence-electron chi connectivity index (χ0n) is 14.5. The normalized spacial score (nSPS) is 15.0. The van der Waals surface area contributed by atoms with Gasteiger partial charge >= 0.3 is 5.97 Å². The number of hydrogen-bond donors (Lipinski definition) is 0. The van der Waals surface area contributed by atoms with Crippen molar-refractivity contribution in [3.05, 3.63) is 74.4 Å². The van der Waals surface area contributed by atoms with Crippen molar-refractivity contribution >= 4 is 35.2 Å². The van der Waals surface area contributed by atoms with Gasteiger partial charge in [-0.05, 0) is 38.1 Å². The summed E-state index contributed by atoms with van der Waals surface area (Å²) < 4.78 is 10.9. The minimum Gasteiger partial charge on any atom is -0.490 e. The Balaban J connectivity index is 1.97. The average molecular weight is 387 g/mol. The lowest BCUT2D eigenvalue weighted by molar-refractivity contribution is -0.384. The lowest BCUT2D eigenvalue weighted by Crippen LogP contribution is -2.07. The van der Waals surface area contributed by atoms with Crippen molar-refractivity contribution in [2.45, 2.75) is 20.0 Å². The molecule has 0 aromatic heterocycles. The quantitative estimate of drug-likeness (QED) is 0.329. The van der Waals surface area contributed by atoms with E-state index in [-0.39, 0.29) is 34.0 Å². The van der Waals surface area contributed by atoms with Gasteiger partial charge in [0.2, 0.25) is 5.90 Å². The molecule has 0 amide bonds. The maximum Gasteiger partial charge on any atom is 0.363 e. The molecule has 7 nitrogen and oxygen atoms in total. The molecule has 2 aromatic rings. The van der Waals surface area contributed by atoms with E-state index in [1.807, 2.05) is 26.0 Å². The van der Waals surface area contributed by atoms with Crippen LogP contribution < -0.4 is 4.74 Å². The number of benzene rings is 2. The Morgan fingerprint density at radius 3 is 2.70 bits per heavy atom. The standard InChI is InChI=1S/C19H15ClN2O5/c1-11(2)26-17-6-4-3-5-12(17)9-15-19(23)27-18(21-15)13-7-8-14(20)16(10-13)22(24)25/h3-11H,1-2H3/b15-9-. The minimum atomic E-state index is -0.651. The number of ether oxygens (including phenoxy) is 2. The fourth-order valence-corrected chi connectivity index (χ4v) is 2.61. The monoisotopic (exact) mass is 386 g/mol. The second-order valence-corrected chi connectivity index (χ2v) is 6.37. The van der Waals surface area contributed by atoms with Crippen LogP contribution in [-0.4, -0.2) is 22.9 Å². The summed E-state index contributed by atoms with van der Waals surface area (Å²) in [6.45, 7) is 3.80. The van der Waals surface area contributed by atoms with Gasteiger partial charge in [0.1, 0.15) is 10.8 Å². The predicted molar refractivity (Wildman–Crippen MR) is 101 cm³/mol. The lowest BCUT2D eigenvalue weighted by atomic mass is 10.1. The molecule has 27 heavy (non-hydrogen) atoms. The first-order valence-electron chi connectivity index (χ1n) is 8.07. The van der Waals surface area contributed by atoms with Crippen LogP contribution in [0.5, 0.6) is 5.75 Å². The molecule has 0 fully saturated rings. The molecule has 3 rings (SSSR count). The van der Waals surface area contributed by atoms with Gasteiger partial charge < -0.3 is 9.47 Å². The molecule has 0 aliphatic carbocycles. The summed E-state index contributed by atoms with van der Waals surface area (Å²) in [7, 11) is 0. The highest BCUT2D eigenvalue weighted by molar-refractivity contribution is 6.32. The number of para-hydroxylation sites is 1. The van der Waals surface area contributed by atoms with Crippen LogP contribution in [0.15, 0.2) is 53.2 Å². The van der Waals surface area contributed by atoms with Crippen molar-refractivity contribution in [2.24, 2.45) is 4.99 Å². The molecule has 0 spiro atoms. The second kappa shape index (κ2) is 7.59. The van der Waals surface area contributed by atoms with Crippen molar-refractivity contribution in [1.82, 2.24) is 0 Å². The molecule has 0 unspecified atom stereocenters. The molecule has 0 saturated heterocycles. The smallest absolute Gasteiger partial charge is 0.363 e. The van der Waals surface area contributed by atoms with Crippen LogP contribution in [-0.2, 0) is 9.53 Å². The maximum atomic E-state index is 12.2. The Morgan fingerprint density at radius 1 is 1.26 bits per heavy atom. The number of rotatable bonds is 5. The van der Waals surface area contributed by atoms with Gasteiger partial charge in [0, 0.05) is 17.2 Å². The first-order valence-corrected chi connectivity index (χ1v) is 8.45. The number of halogens is 1. The van der Waals surface area contributed by atoms with Crippen molar-refractivity contribution in [3.8, 4) is 5.75 Å². The summed E-state index contributed by atoms with van der Waals surface area (Å²) in [6.07, 6.45) is 1.52. The molecular formula is C19H15ClN2O5. The Kier molecular flexibility index (Phi) is 5.23. The van der Waals surface area contributed by atoms with Crippen LogP contribution >= 0.6 is 11.6 Å². The number of esters is 1. The summed E-state index contributed by atoms with van der Waals surface area (Å²) in [6, 6.07) is 11.3. The zero-order chi connectivity index (χ0) is 19.6. The van der Waals surface area contributed by atoms with E-state index < -0.39 is 10.9 Å². The second-order valence-electron chi connectivity index (χ2n) is 5.96. The molecule has 8 heteroatoms. The summed E-state index contributed by atoms with van der Waals surface area (Å²) >= 11 is 5.81. The van der Waals surface area contributed by atoms with E-state index >= 15 is 0 Å². The third-order valence-corrected chi connectivity index (χ3v) is 3.90. The number of cyclic esters (lactones) is 1. The molecular weight excluding hydrogens is 372 g/mol. The van der Waals surface area contributed by atoms with Gasteiger partial charge in [0.15, 0.2) is 5.70 Å². The van der Waals surface area contributed by atoms with Gasteiger partial charge in [0.05, 0.1) is 11.0 Å². The van der Waals surface area contributed by atoms with Crippen molar-refractivity contribution in [3.63, 3.8) is 0 Å². The van der Waals surface area contributed by atoms with E-state index in [1.165, 1.54) is 18.2 Å². The van der Waals surface area contributed by atoms with Crippen LogP contribution in [0.4, 0.5) is 5.69 Å². The fraction of sp³-hybridized carbons (Fsp3) is 0.158. The number of nitrogens with zero attached hydrogens (tertiary/aromatic N) is 2. The first-order chi connectivity index (χ1) is 12.8. The van der Waals surface area contributed by atoms with Gasteiger partial charge in [-0.15, -0.1) is 0 Å². The first kappa shape index (κ1) is 18.6. The van der Waals surface area contributed by atoms with Crippen LogP contribution in [0.3, 0.4) is 0 Å². The molecule has 0 bridgehead atoms. The predicted octanol–water partition coefficient (Wildman–Crippen LogP) is 4.38. The van der Waals surface area contributed by atoms with Gasteiger partial charge in [0.25, 0.3) is 5.69 Å². The lowest BCUT2D eigenvalue weighted by Gasteiger charge is -2.12. The van der Waals surface area contributed by atoms with E-state index in [9.17, 15) is 14.9 Å². The summed E-state index contributed by atoms with van der Waals surface area (Å²) in [4.78, 5) is 26.8. The molecule has 0 radical (unpaired) electrons. The Hall–Kier alpha value is -3.19. The highest BCUT2D eigenvalue weighted by Gasteiger charge is 2.26. The Labute approximate surface area is 160 Å².